The van der Waals surface area contributed by atoms with Gasteiger partial charge in [0.1, 0.15) is 5.82 Å². The van der Waals surface area contributed by atoms with E-state index >= 15 is 0 Å². The average Bonchev–Trinajstić information content (AvgIpc) is 4.14. The SMILES string of the molecule is Cc1cc(-n2c3[c-]c(Oc4[c-]c(N5[CH-]N(C)c6ccccc65)ccc4)ccc3c3cc(C(C)(C)C)ccc32)ncc1-c1c(-n2c3ccccc3c3ccccc32)cccc1-n1c2ccccc2c2ccccc21.[Pt]. The molecule has 0 saturated heterocycles. The minimum atomic E-state index is -0.0490. The molecule has 14 rings (SSSR count). The van der Waals surface area contributed by atoms with Gasteiger partial charge in [0.05, 0.1) is 33.4 Å². The standard InChI is InChI=1S/C66H49N6O.Pt/c1-42-36-64(72-58-35-32-43(66(2,3)4)37-52(58)51-34-33-46(39-63(51)72)73-45-19-16-18-44(38-45)69-41-68(5)59-28-14-15-29-60(59)69)67-40-53(42)65-61(70-54-24-10-6-20-47(54)48-21-7-11-25-55(48)70)30-17-31-62(65)71-56-26-12-8-22-49(56)50-23-9-13-27-57(50)71;/h6-37,40-41H,1-5H3;/q-3;. The molecule has 0 spiro atoms. The van der Waals surface area contributed by atoms with Crippen molar-refractivity contribution in [3.05, 3.63) is 230 Å². The Balaban J connectivity index is 0.00000528. The molecule has 0 amide bonds. The number of fused-ring (bicyclic) bond motifs is 10. The van der Waals surface area contributed by atoms with E-state index in [1.165, 1.54) is 27.1 Å². The minimum Gasteiger partial charge on any atom is -0.509 e. The minimum absolute atomic E-state index is 0. The fourth-order valence-corrected chi connectivity index (χ4v) is 11.4. The van der Waals surface area contributed by atoms with Crippen LogP contribution in [-0.2, 0) is 26.5 Å². The molecular formula is C66H49N6OPt-3. The molecule has 0 radical (unpaired) electrons. The fourth-order valence-electron chi connectivity index (χ4n) is 11.4. The molecule has 362 valence electrons. The Morgan fingerprint density at radius 1 is 0.486 bits per heavy atom. The van der Waals surface area contributed by atoms with Gasteiger partial charge in [-0.1, -0.05) is 129 Å². The van der Waals surface area contributed by atoms with Crippen molar-refractivity contribution in [2.45, 2.75) is 33.1 Å². The van der Waals surface area contributed by atoms with E-state index in [0.717, 1.165) is 94.8 Å². The monoisotopic (exact) mass is 1140 g/mol. The van der Waals surface area contributed by atoms with E-state index in [0.29, 0.717) is 11.5 Å². The number of aryl methyl sites for hydroxylation is 1. The molecule has 4 aromatic heterocycles. The quantitative estimate of drug-likeness (QED) is 0.149. The molecule has 13 aromatic rings. The molecule has 7 nitrogen and oxygen atoms in total. The van der Waals surface area contributed by atoms with Crippen molar-refractivity contribution >= 4 is 82.5 Å². The number of benzene rings is 9. The summed E-state index contributed by atoms with van der Waals surface area (Å²) in [7, 11) is 2.06. The van der Waals surface area contributed by atoms with E-state index in [1.54, 1.807) is 0 Å². The van der Waals surface area contributed by atoms with E-state index < -0.39 is 0 Å². The van der Waals surface area contributed by atoms with Crippen molar-refractivity contribution in [3.63, 3.8) is 0 Å². The Hall–Kier alpha value is -8.38. The van der Waals surface area contributed by atoms with Crippen LogP contribution in [0.4, 0.5) is 17.1 Å². The summed E-state index contributed by atoms with van der Waals surface area (Å²) in [5, 5.41) is 7.07. The van der Waals surface area contributed by atoms with Crippen LogP contribution >= 0.6 is 0 Å². The first-order valence-electron chi connectivity index (χ1n) is 24.9. The van der Waals surface area contributed by atoms with Crippen LogP contribution in [-0.4, -0.2) is 25.7 Å². The molecule has 9 aromatic carbocycles. The third-order valence-electron chi connectivity index (χ3n) is 14.8. The van der Waals surface area contributed by atoms with Gasteiger partial charge < -0.3 is 28.2 Å². The second-order valence-electron chi connectivity index (χ2n) is 20.3. The number of aromatic nitrogens is 4. The van der Waals surface area contributed by atoms with Crippen molar-refractivity contribution in [1.82, 2.24) is 18.7 Å². The van der Waals surface area contributed by atoms with Crippen LogP contribution in [0, 0.1) is 25.7 Å². The number of ether oxygens (including phenoxy) is 1. The second-order valence-corrected chi connectivity index (χ2v) is 20.3. The molecule has 74 heavy (non-hydrogen) atoms. The predicted molar refractivity (Wildman–Crippen MR) is 302 cm³/mol. The molecule has 8 heteroatoms. The molecule has 1 aliphatic rings. The van der Waals surface area contributed by atoms with E-state index in [9.17, 15) is 0 Å². The van der Waals surface area contributed by atoms with Gasteiger partial charge in [-0.25, -0.2) is 4.98 Å². The van der Waals surface area contributed by atoms with Gasteiger partial charge in [-0.15, -0.1) is 41.4 Å². The summed E-state index contributed by atoms with van der Waals surface area (Å²) >= 11 is 0. The summed E-state index contributed by atoms with van der Waals surface area (Å²) in [5.41, 5.74) is 16.2. The zero-order chi connectivity index (χ0) is 49.1. The fraction of sp³-hybridized carbons (Fsp3) is 0.0909. The summed E-state index contributed by atoms with van der Waals surface area (Å²) < 4.78 is 13.8. The van der Waals surface area contributed by atoms with Crippen LogP contribution in [0.15, 0.2) is 200 Å². The van der Waals surface area contributed by atoms with Crippen LogP contribution in [0.2, 0.25) is 0 Å². The van der Waals surface area contributed by atoms with Gasteiger partial charge in [0.25, 0.3) is 0 Å². The zero-order valence-corrected chi connectivity index (χ0v) is 43.8. The van der Waals surface area contributed by atoms with Crippen LogP contribution in [0.1, 0.15) is 31.9 Å². The van der Waals surface area contributed by atoms with Gasteiger partial charge in [-0.05, 0) is 96.6 Å². The molecule has 0 fully saturated rings. The van der Waals surface area contributed by atoms with Gasteiger partial charge in [-0.2, -0.15) is 18.8 Å². The Labute approximate surface area is 444 Å². The van der Waals surface area contributed by atoms with Gasteiger partial charge >= 0.3 is 0 Å². The smallest absolute Gasteiger partial charge is 0.135 e. The van der Waals surface area contributed by atoms with Crippen molar-refractivity contribution in [2.75, 3.05) is 16.8 Å². The number of nitrogens with zero attached hydrogens (tertiary/aromatic N) is 6. The van der Waals surface area contributed by atoms with Crippen LogP contribution in [0.25, 0.3) is 93.7 Å². The second kappa shape index (κ2) is 17.4. The number of anilines is 3. The number of para-hydroxylation sites is 6. The summed E-state index contributed by atoms with van der Waals surface area (Å²) in [6.07, 6.45) is 2.09. The normalized spacial score (nSPS) is 12.7. The molecule has 0 atom stereocenters. The van der Waals surface area contributed by atoms with Gasteiger partial charge in [0.2, 0.25) is 0 Å². The predicted octanol–water partition coefficient (Wildman–Crippen LogP) is 16.7. The number of rotatable bonds is 7. The van der Waals surface area contributed by atoms with E-state index in [4.69, 9.17) is 9.72 Å². The summed E-state index contributed by atoms with van der Waals surface area (Å²) in [4.78, 5) is 9.75. The third kappa shape index (κ3) is 7.09. The average molecular weight is 1140 g/mol. The summed E-state index contributed by atoms with van der Waals surface area (Å²) in [6.45, 7) is 11.1. The molecular weight excluding hydrogens is 1090 g/mol. The van der Waals surface area contributed by atoms with E-state index in [-0.39, 0.29) is 26.5 Å². The van der Waals surface area contributed by atoms with Gasteiger partial charge in [0, 0.05) is 88.3 Å². The molecule has 0 bridgehead atoms. The van der Waals surface area contributed by atoms with E-state index in [1.807, 2.05) is 18.2 Å². The topological polar surface area (TPSA) is 43.4 Å². The maximum absolute atomic E-state index is 6.68. The van der Waals surface area contributed by atoms with Crippen molar-refractivity contribution in [3.8, 4) is 39.8 Å². The van der Waals surface area contributed by atoms with Crippen molar-refractivity contribution < 1.29 is 25.8 Å². The van der Waals surface area contributed by atoms with E-state index in [2.05, 4.69) is 259 Å². The molecule has 0 saturated carbocycles. The van der Waals surface area contributed by atoms with Crippen LogP contribution in [0.5, 0.6) is 11.5 Å². The maximum Gasteiger partial charge on any atom is 0.135 e. The molecule has 0 unspecified atom stereocenters. The number of pyridine rings is 1. The first-order chi connectivity index (χ1) is 35.7. The summed E-state index contributed by atoms with van der Waals surface area (Å²) in [5.74, 6) is 1.99. The third-order valence-corrected chi connectivity index (χ3v) is 14.8. The van der Waals surface area contributed by atoms with Gasteiger partial charge in [0.15, 0.2) is 0 Å². The van der Waals surface area contributed by atoms with Crippen LogP contribution in [0.3, 0.4) is 0 Å². The Bertz CT molecular complexity index is 4140. The van der Waals surface area contributed by atoms with Crippen molar-refractivity contribution in [2.24, 2.45) is 0 Å². The molecule has 0 aliphatic carbocycles. The van der Waals surface area contributed by atoms with Crippen molar-refractivity contribution in [1.29, 1.82) is 0 Å². The van der Waals surface area contributed by atoms with Gasteiger partial charge in [-0.3, -0.25) is 0 Å². The molecule has 0 N–H and O–H groups in total. The summed E-state index contributed by atoms with van der Waals surface area (Å²) in [6, 6.07) is 76.6. The Morgan fingerprint density at radius 2 is 1.01 bits per heavy atom. The first-order valence-corrected chi connectivity index (χ1v) is 24.9. The largest absolute Gasteiger partial charge is 0.509 e. The number of hydrogen-bond acceptors (Lipinski definition) is 4. The maximum atomic E-state index is 6.68. The Kier molecular flexibility index (Phi) is 10.7. The molecule has 5 heterocycles. The number of hydrogen-bond donors (Lipinski definition) is 0. The van der Waals surface area contributed by atoms with Crippen LogP contribution < -0.4 is 14.5 Å². The molecule has 1 aliphatic heterocycles. The Morgan fingerprint density at radius 3 is 1.61 bits per heavy atom. The zero-order valence-electron chi connectivity index (χ0n) is 41.5. The first kappa shape index (κ1) is 45.5.